The molecule has 1 atom stereocenters. The summed E-state index contributed by atoms with van der Waals surface area (Å²) in [6.07, 6.45) is -0.356. The molecule has 0 saturated heterocycles. The van der Waals surface area contributed by atoms with Crippen LogP contribution in [0.15, 0.2) is 29.2 Å². The Labute approximate surface area is 111 Å². The van der Waals surface area contributed by atoms with Crippen molar-refractivity contribution in [3.05, 3.63) is 30.1 Å². The number of sulfonamides is 1. The van der Waals surface area contributed by atoms with Crippen molar-refractivity contribution in [2.75, 3.05) is 0 Å². The lowest BCUT2D eigenvalue weighted by Crippen LogP contribution is -2.40. The van der Waals surface area contributed by atoms with E-state index in [2.05, 4.69) is 4.72 Å². The summed E-state index contributed by atoms with van der Waals surface area (Å²) in [6, 6.07) is 4.17. The molecule has 0 bridgehead atoms. The molecule has 0 heterocycles. The van der Waals surface area contributed by atoms with E-state index in [0.717, 1.165) is 12.1 Å². The molecular formula is C12H16FNO4S. The average Bonchev–Trinajstić information content (AvgIpc) is 2.27. The third kappa shape index (κ3) is 4.29. The van der Waals surface area contributed by atoms with E-state index < -0.39 is 32.7 Å². The molecule has 0 amide bonds. The SMILES string of the molecule is CC(C)C(CC(=O)O)NS(=O)(=O)c1ccccc1F. The van der Waals surface area contributed by atoms with Gasteiger partial charge in [0.2, 0.25) is 10.0 Å². The van der Waals surface area contributed by atoms with Crippen LogP contribution in [-0.2, 0) is 14.8 Å². The Kier molecular flexibility index (Phi) is 5.02. The third-order valence-corrected chi connectivity index (χ3v) is 4.16. The Morgan fingerprint density at radius 3 is 2.42 bits per heavy atom. The van der Waals surface area contributed by atoms with Gasteiger partial charge in [-0.3, -0.25) is 4.79 Å². The number of carboxylic acids is 1. The highest BCUT2D eigenvalue weighted by atomic mass is 32.2. The van der Waals surface area contributed by atoms with Gasteiger partial charge in [-0.2, -0.15) is 0 Å². The highest BCUT2D eigenvalue weighted by molar-refractivity contribution is 7.89. The summed E-state index contributed by atoms with van der Waals surface area (Å²) in [7, 11) is -4.07. The molecular weight excluding hydrogens is 273 g/mol. The smallest absolute Gasteiger partial charge is 0.304 e. The first-order valence-corrected chi connectivity index (χ1v) is 7.21. The fraction of sp³-hybridized carbons (Fsp3) is 0.417. The van der Waals surface area contributed by atoms with Crippen LogP contribution in [0.5, 0.6) is 0 Å². The summed E-state index contributed by atoms with van der Waals surface area (Å²) >= 11 is 0. The van der Waals surface area contributed by atoms with Gasteiger partial charge in [0, 0.05) is 6.04 Å². The molecule has 0 saturated carbocycles. The highest BCUT2D eigenvalue weighted by Crippen LogP contribution is 2.16. The summed E-state index contributed by atoms with van der Waals surface area (Å²) in [5, 5.41) is 8.75. The van der Waals surface area contributed by atoms with Crippen molar-refractivity contribution in [2.45, 2.75) is 31.2 Å². The summed E-state index contributed by atoms with van der Waals surface area (Å²) in [5.41, 5.74) is 0. The van der Waals surface area contributed by atoms with Crippen LogP contribution in [0, 0.1) is 11.7 Å². The van der Waals surface area contributed by atoms with Crippen molar-refractivity contribution in [2.24, 2.45) is 5.92 Å². The van der Waals surface area contributed by atoms with Crippen molar-refractivity contribution in [1.82, 2.24) is 4.72 Å². The molecule has 0 aliphatic carbocycles. The molecule has 0 fully saturated rings. The van der Waals surface area contributed by atoms with Crippen LogP contribution in [0.3, 0.4) is 0 Å². The van der Waals surface area contributed by atoms with Gasteiger partial charge in [0.15, 0.2) is 0 Å². The number of nitrogens with one attached hydrogen (secondary N) is 1. The van der Waals surface area contributed by atoms with Crippen LogP contribution >= 0.6 is 0 Å². The quantitative estimate of drug-likeness (QED) is 0.833. The Balaban J connectivity index is 3.01. The minimum atomic E-state index is -4.07. The van der Waals surface area contributed by atoms with Crippen LogP contribution < -0.4 is 4.72 Å². The normalized spacial score (nSPS) is 13.5. The fourth-order valence-electron chi connectivity index (χ4n) is 1.53. The Morgan fingerprint density at radius 2 is 1.95 bits per heavy atom. The molecule has 0 aliphatic heterocycles. The standard InChI is InChI=1S/C12H16FNO4S/c1-8(2)10(7-12(15)16)14-19(17,18)11-6-4-3-5-9(11)13/h3-6,8,10,14H,7H2,1-2H3,(H,15,16). The maximum atomic E-state index is 13.5. The van der Waals surface area contributed by atoms with Crippen molar-refractivity contribution in [1.29, 1.82) is 0 Å². The summed E-state index contributed by atoms with van der Waals surface area (Å²) in [4.78, 5) is 10.2. The second kappa shape index (κ2) is 6.12. The number of hydrogen-bond donors (Lipinski definition) is 2. The van der Waals surface area contributed by atoms with Crippen molar-refractivity contribution >= 4 is 16.0 Å². The molecule has 1 aromatic rings. The molecule has 0 radical (unpaired) electrons. The highest BCUT2D eigenvalue weighted by Gasteiger charge is 2.26. The number of halogens is 1. The lowest BCUT2D eigenvalue weighted by molar-refractivity contribution is -0.137. The molecule has 106 valence electrons. The largest absolute Gasteiger partial charge is 0.481 e. The fourth-order valence-corrected chi connectivity index (χ4v) is 2.99. The average molecular weight is 289 g/mol. The zero-order valence-electron chi connectivity index (χ0n) is 10.6. The second-order valence-electron chi connectivity index (χ2n) is 4.50. The van der Waals surface area contributed by atoms with Crippen LogP contribution in [0.1, 0.15) is 20.3 Å². The number of hydrogen-bond acceptors (Lipinski definition) is 3. The molecule has 2 N–H and O–H groups in total. The first kappa shape index (κ1) is 15.6. The van der Waals surface area contributed by atoms with Crippen molar-refractivity contribution < 1.29 is 22.7 Å². The molecule has 19 heavy (non-hydrogen) atoms. The number of carboxylic acid groups (broad SMARTS) is 1. The van der Waals surface area contributed by atoms with E-state index in [1.54, 1.807) is 13.8 Å². The molecule has 1 aromatic carbocycles. The van der Waals surface area contributed by atoms with E-state index in [0.29, 0.717) is 0 Å². The minimum Gasteiger partial charge on any atom is -0.481 e. The monoisotopic (exact) mass is 289 g/mol. The Morgan fingerprint density at radius 1 is 1.37 bits per heavy atom. The van der Waals surface area contributed by atoms with E-state index in [4.69, 9.17) is 5.11 Å². The zero-order valence-corrected chi connectivity index (χ0v) is 11.4. The van der Waals surface area contributed by atoms with Crippen LogP contribution in [0.25, 0.3) is 0 Å². The third-order valence-electron chi connectivity index (χ3n) is 2.63. The molecule has 0 aromatic heterocycles. The van der Waals surface area contributed by atoms with Gasteiger partial charge in [0.1, 0.15) is 10.7 Å². The lowest BCUT2D eigenvalue weighted by Gasteiger charge is -2.20. The van der Waals surface area contributed by atoms with E-state index in [-0.39, 0.29) is 12.3 Å². The number of rotatable bonds is 6. The lowest BCUT2D eigenvalue weighted by atomic mass is 10.0. The summed E-state index contributed by atoms with van der Waals surface area (Å²) < 4.78 is 39.7. The maximum absolute atomic E-state index is 13.5. The number of aliphatic carboxylic acids is 1. The summed E-state index contributed by atoms with van der Waals surface area (Å²) in [5.74, 6) is -2.21. The number of benzene rings is 1. The van der Waals surface area contributed by atoms with E-state index in [1.807, 2.05) is 0 Å². The number of carbonyl (C=O) groups is 1. The summed E-state index contributed by atoms with van der Waals surface area (Å²) in [6.45, 7) is 3.38. The van der Waals surface area contributed by atoms with Gasteiger partial charge < -0.3 is 5.11 Å². The van der Waals surface area contributed by atoms with Crippen LogP contribution in [0.4, 0.5) is 4.39 Å². The van der Waals surface area contributed by atoms with Gasteiger partial charge in [-0.15, -0.1) is 0 Å². The van der Waals surface area contributed by atoms with Gasteiger partial charge in [-0.1, -0.05) is 26.0 Å². The predicted octanol–water partition coefficient (Wildman–Crippen LogP) is 1.60. The predicted molar refractivity (Wildman–Crippen MR) is 67.6 cm³/mol. The van der Waals surface area contributed by atoms with Gasteiger partial charge >= 0.3 is 5.97 Å². The van der Waals surface area contributed by atoms with Crippen molar-refractivity contribution in [3.8, 4) is 0 Å². The van der Waals surface area contributed by atoms with Gasteiger partial charge in [0.25, 0.3) is 0 Å². The molecule has 0 spiro atoms. The molecule has 5 nitrogen and oxygen atoms in total. The van der Waals surface area contributed by atoms with Gasteiger partial charge in [-0.25, -0.2) is 17.5 Å². The molecule has 7 heteroatoms. The topological polar surface area (TPSA) is 83.5 Å². The Hall–Kier alpha value is -1.47. The van der Waals surface area contributed by atoms with Gasteiger partial charge in [-0.05, 0) is 18.1 Å². The van der Waals surface area contributed by atoms with Crippen LogP contribution in [-0.4, -0.2) is 25.5 Å². The molecule has 1 unspecified atom stereocenters. The Bertz CT molecular complexity index is 557. The minimum absolute atomic E-state index is 0.224. The van der Waals surface area contributed by atoms with Gasteiger partial charge in [0.05, 0.1) is 6.42 Å². The zero-order chi connectivity index (χ0) is 14.6. The molecule has 1 rings (SSSR count). The van der Waals surface area contributed by atoms with E-state index >= 15 is 0 Å². The maximum Gasteiger partial charge on any atom is 0.304 e. The first-order valence-electron chi connectivity index (χ1n) is 5.72. The first-order chi connectivity index (χ1) is 8.74. The van der Waals surface area contributed by atoms with Crippen LogP contribution in [0.2, 0.25) is 0 Å². The second-order valence-corrected chi connectivity index (χ2v) is 6.18. The van der Waals surface area contributed by atoms with E-state index in [9.17, 15) is 17.6 Å². The van der Waals surface area contributed by atoms with E-state index in [1.165, 1.54) is 12.1 Å². The van der Waals surface area contributed by atoms with Crippen molar-refractivity contribution in [3.63, 3.8) is 0 Å². The molecule has 0 aliphatic rings.